The minimum atomic E-state index is -4.60. The second-order valence-electron chi connectivity index (χ2n) is 11.9. The van der Waals surface area contributed by atoms with Crippen LogP contribution in [0.1, 0.15) is 86.3 Å². The lowest BCUT2D eigenvalue weighted by Gasteiger charge is -2.11. The van der Waals surface area contributed by atoms with Gasteiger partial charge >= 0.3 is 6.18 Å². The van der Waals surface area contributed by atoms with Crippen molar-refractivity contribution < 1.29 is 22.7 Å². The van der Waals surface area contributed by atoms with Crippen LogP contribution in [0, 0.1) is 11.3 Å². The van der Waals surface area contributed by atoms with Gasteiger partial charge in [0.2, 0.25) is 0 Å². The summed E-state index contributed by atoms with van der Waals surface area (Å²) in [7, 11) is 0. The molecule has 0 saturated heterocycles. The van der Waals surface area contributed by atoms with Crippen LogP contribution in [0.15, 0.2) is 43.0 Å². The SMILES string of the molecule is CCCOCCCC(=O)c1ccc(Cc2nccn3c(-c4cn(CC5CC5(C)C)nc4C(F)(F)F)cnc23)cc1CC. The Kier molecular flexibility index (Phi) is 8.55. The molecule has 1 atom stereocenters. The molecular formula is C32H38F3N5O2. The van der Waals surface area contributed by atoms with Gasteiger partial charge in [0.25, 0.3) is 0 Å². The molecule has 1 aliphatic carbocycles. The van der Waals surface area contributed by atoms with Crippen molar-refractivity contribution in [2.24, 2.45) is 11.3 Å². The van der Waals surface area contributed by atoms with E-state index in [0.29, 0.717) is 68.4 Å². The zero-order chi connectivity index (χ0) is 30.1. The highest BCUT2D eigenvalue weighted by atomic mass is 19.4. The van der Waals surface area contributed by atoms with E-state index in [1.54, 1.807) is 16.8 Å². The fourth-order valence-corrected chi connectivity index (χ4v) is 5.55. The number of fused-ring (bicyclic) bond motifs is 1. The standard InChI is InChI=1S/C32H38F3N5O2/c1-5-13-42-14-7-8-28(41)24-10-9-21(15-22(24)6-2)16-26-30-37-18-27(40(30)12-11-36-26)25-20-39(19-23-17-31(23,3)4)38-29(25)32(33,34)35/h9-12,15,18,20,23H,5-8,13-14,16-17,19H2,1-4H3. The fraction of sp³-hybridized carbons (Fsp3) is 0.500. The number of Topliss-reactive ketones (excluding diaryl/α,β-unsaturated/α-hetero) is 1. The number of hydrogen-bond donors (Lipinski definition) is 0. The lowest BCUT2D eigenvalue weighted by Crippen LogP contribution is -2.10. The number of halogens is 3. The normalized spacial score (nSPS) is 16.3. The Balaban J connectivity index is 1.39. The Morgan fingerprint density at radius 3 is 2.64 bits per heavy atom. The maximum Gasteiger partial charge on any atom is 0.435 e. The van der Waals surface area contributed by atoms with E-state index in [0.717, 1.165) is 29.5 Å². The molecule has 0 bridgehead atoms. The molecule has 3 heterocycles. The van der Waals surface area contributed by atoms with Crippen molar-refractivity contribution in [3.63, 3.8) is 0 Å². The highest BCUT2D eigenvalue weighted by molar-refractivity contribution is 5.97. The summed E-state index contributed by atoms with van der Waals surface area (Å²) in [5.41, 5.74) is 3.30. The molecule has 5 rings (SSSR count). The third kappa shape index (κ3) is 6.43. The maximum absolute atomic E-state index is 14.1. The Bertz CT molecular complexity index is 1570. The molecule has 1 unspecified atom stereocenters. The highest BCUT2D eigenvalue weighted by Crippen LogP contribution is 2.52. The van der Waals surface area contributed by atoms with Gasteiger partial charge in [-0.1, -0.05) is 45.9 Å². The maximum atomic E-state index is 14.1. The molecule has 0 N–H and O–H groups in total. The number of benzene rings is 1. The number of carbonyl (C=O) groups is 1. The van der Waals surface area contributed by atoms with Gasteiger partial charge in [-0.2, -0.15) is 18.3 Å². The van der Waals surface area contributed by atoms with E-state index >= 15 is 0 Å². The Morgan fingerprint density at radius 1 is 1.17 bits per heavy atom. The van der Waals surface area contributed by atoms with Crippen molar-refractivity contribution in [3.05, 3.63) is 71.1 Å². The predicted octanol–water partition coefficient (Wildman–Crippen LogP) is 7.20. The molecule has 1 aromatic carbocycles. The third-order valence-corrected chi connectivity index (χ3v) is 8.20. The fourth-order valence-electron chi connectivity index (χ4n) is 5.55. The molecule has 4 aromatic rings. The number of hydrogen-bond acceptors (Lipinski definition) is 5. The summed E-state index contributed by atoms with van der Waals surface area (Å²) in [6.45, 7) is 10.0. The Labute approximate surface area is 244 Å². The number of aryl methyl sites for hydroxylation is 1. The molecular weight excluding hydrogens is 543 g/mol. The quantitative estimate of drug-likeness (QED) is 0.123. The summed E-state index contributed by atoms with van der Waals surface area (Å²) in [4.78, 5) is 21.9. The number of nitrogens with zero attached hydrogens (tertiary/aromatic N) is 5. The predicted molar refractivity (Wildman–Crippen MR) is 154 cm³/mol. The van der Waals surface area contributed by atoms with Gasteiger partial charge in [0.15, 0.2) is 17.1 Å². The number of carbonyl (C=O) groups excluding carboxylic acids is 1. The number of imidazole rings is 1. The van der Waals surface area contributed by atoms with Gasteiger partial charge < -0.3 is 4.74 Å². The van der Waals surface area contributed by atoms with Crippen LogP contribution in [0.2, 0.25) is 0 Å². The average Bonchev–Trinajstić information content (AvgIpc) is 3.28. The smallest absolute Gasteiger partial charge is 0.381 e. The molecule has 224 valence electrons. The van der Waals surface area contributed by atoms with Crippen LogP contribution in [0.4, 0.5) is 13.2 Å². The number of ketones is 1. The van der Waals surface area contributed by atoms with Crippen LogP contribution in [0.5, 0.6) is 0 Å². The van der Waals surface area contributed by atoms with Crippen LogP contribution in [-0.4, -0.2) is 43.1 Å². The Morgan fingerprint density at radius 2 is 1.95 bits per heavy atom. The number of alkyl halides is 3. The molecule has 0 radical (unpaired) electrons. The zero-order valence-corrected chi connectivity index (χ0v) is 24.7. The largest absolute Gasteiger partial charge is 0.435 e. The molecule has 1 saturated carbocycles. The van der Waals surface area contributed by atoms with Gasteiger partial charge in [-0.15, -0.1) is 0 Å². The molecule has 10 heteroatoms. The molecule has 3 aromatic heterocycles. The molecule has 1 aliphatic rings. The minimum Gasteiger partial charge on any atom is -0.381 e. The van der Waals surface area contributed by atoms with Crippen LogP contribution < -0.4 is 0 Å². The van der Waals surface area contributed by atoms with Crippen LogP contribution in [-0.2, 0) is 30.3 Å². The minimum absolute atomic E-state index is 0.00170. The van der Waals surface area contributed by atoms with Gasteiger partial charge in [-0.05, 0) is 48.1 Å². The summed E-state index contributed by atoms with van der Waals surface area (Å²) in [6, 6.07) is 5.80. The lowest BCUT2D eigenvalue weighted by molar-refractivity contribution is -0.141. The van der Waals surface area contributed by atoms with E-state index in [1.165, 1.54) is 17.1 Å². The number of ether oxygens (including phenoxy) is 1. The molecule has 0 spiro atoms. The van der Waals surface area contributed by atoms with Crippen molar-refractivity contribution in [2.45, 2.75) is 78.9 Å². The van der Waals surface area contributed by atoms with E-state index in [2.05, 4.69) is 35.8 Å². The molecule has 42 heavy (non-hydrogen) atoms. The Hall–Kier alpha value is -3.53. The van der Waals surface area contributed by atoms with Gasteiger partial charge in [0.05, 0.1) is 23.1 Å². The first-order valence-corrected chi connectivity index (χ1v) is 14.7. The first kappa shape index (κ1) is 29.9. The zero-order valence-electron chi connectivity index (χ0n) is 24.7. The van der Waals surface area contributed by atoms with Crippen molar-refractivity contribution in [1.29, 1.82) is 0 Å². The summed E-state index contributed by atoms with van der Waals surface area (Å²) in [5, 5.41) is 3.95. The van der Waals surface area contributed by atoms with Crippen molar-refractivity contribution in [2.75, 3.05) is 13.2 Å². The summed E-state index contributed by atoms with van der Waals surface area (Å²) < 4.78 is 50.7. The van der Waals surface area contributed by atoms with Gasteiger partial charge in [-0.3, -0.25) is 18.9 Å². The van der Waals surface area contributed by atoms with Gasteiger partial charge in [0.1, 0.15) is 0 Å². The second kappa shape index (κ2) is 12.0. The monoisotopic (exact) mass is 581 g/mol. The van der Waals surface area contributed by atoms with E-state index in [4.69, 9.17) is 4.74 Å². The van der Waals surface area contributed by atoms with Crippen LogP contribution in [0.25, 0.3) is 16.9 Å². The molecule has 0 amide bonds. The van der Waals surface area contributed by atoms with Crippen molar-refractivity contribution in [3.8, 4) is 11.3 Å². The van der Waals surface area contributed by atoms with Crippen LogP contribution in [0.3, 0.4) is 0 Å². The van der Waals surface area contributed by atoms with E-state index in [1.807, 2.05) is 25.1 Å². The van der Waals surface area contributed by atoms with Crippen molar-refractivity contribution >= 4 is 11.4 Å². The molecule has 7 nitrogen and oxygen atoms in total. The van der Waals surface area contributed by atoms with Gasteiger partial charge in [-0.25, -0.2) is 4.98 Å². The first-order chi connectivity index (χ1) is 20.0. The molecule has 0 aliphatic heterocycles. The lowest BCUT2D eigenvalue weighted by atomic mass is 9.95. The molecule has 1 fully saturated rings. The summed E-state index contributed by atoms with van der Waals surface area (Å²) >= 11 is 0. The second-order valence-corrected chi connectivity index (χ2v) is 11.9. The topological polar surface area (TPSA) is 74.3 Å². The number of rotatable bonds is 13. The van der Waals surface area contributed by atoms with Crippen LogP contribution >= 0.6 is 0 Å². The average molecular weight is 582 g/mol. The van der Waals surface area contributed by atoms with Gasteiger partial charge in [0, 0.05) is 56.8 Å². The van der Waals surface area contributed by atoms with E-state index in [9.17, 15) is 18.0 Å². The summed E-state index contributed by atoms with van der Waals surface area (Å²) in [6.07, 6.45) is 5.73. The van der Waals surface area contributed by atoms with E-state index < -0.39 is 11.9 Å². The number of aromatic nitrogens is 5. The van der Waals surface area contributed by atoms with E-state index in [-0.39, 0.29) is 16.8 Å². The van der Waals surface area contributed by atoms with Crippen molar-refractivity contribution in [1.82, 2.24) is 24.1 Å². The first-order valence-electron chi connectivity index (χ1n) is 14.7. The summed E-state index contributed by atoms with van der Waals surface area (Å²) in [5.74, 6) is 0.404. The third-order valence-electron chi connectivity index (χ3n) is 8.20. The highest BCUT2D eigenvalue weighted by Gasteiger charge is 2.46.